The lowest BCUT2D eigenvalue weighted by Crippen LogP contribution is -2.29. The second-order valence-corrected chi connectivity index (χ2v) is 9.41. The average molecular weight is 526 g/mol. The highest BCUT2D eigenvalue weighted by Gasteiger charge is 2.33. The molecule has 0 bridgehead atoms. The van der Waals surface area contributed by atoms with Crippen LogP contribution in [0.2, 0.25) is 5.02 Å². The van der Waals surface area contributed by atoms with Crippen LogP contribution in [0.5, 0.6) is 0 Å². The summed E-state index contributed by atoms with van der Waals surface area (Å²) in [6.45, 7) is 0.196. The highest BCUT2D eigenvalue weighted by molar-refractivity contribution is 8.26. The van der Waals surface area contributed by atoms with Gasteiger partial charge in [-0.25, -0.2) is 4.98 Å². The number of rotatable bonds is 6. The number of carboxylic acid groups (broad SMARTS) is 1. The summed E-state index contributed by atoms with van der Waals surface area (Å²) in [5.74, 6) is -1.17. The van der Waals surface area contributed by atoms with E-state index >= 15 is 0 Å². The number of fused-ring (bicyclic) bond motifs is 1. The van der Waals surface area contributed by atoms with Crippen LogP contribution >= 0.6 is 35.6 Å². The first-order valence-corrected chi connectivity index (χ1v) is 11.5. The minimum absolute atomic E-state index is 0.0789. The van der Waals surface area contributed by atoms with Crippen LogP contribution in [0.4, 0.5) is 13.2 Å². The van der Waals surface area contributed by atoms with Crippen LogP contribution in [0.15, 0.2) is 47.6 Å². The summed E-state index contributed by atoms with van der Waals surface area (Å²) in [6.07, 6.45) is -0.371. The Labute approximate surface area is 206 Å². The van der Waals surface area contributed by atoms with Gasteiger partial charge in [0.25, 0.3) is 5.91 Å². The Morgan fingerprint density at radius 1 is 1.29 bits per heavy atom. The molecule has 0 spiro atoms. The molecule has 4 rings (SSSR count). The first-order valence-electron chi connectivity index (χ1n) is 9.86. The summed E-state index contributed by atoms with van der Waals surface area (Å²) in [4.78, 5) is 29.3. The average Bonchev–Trinajstić information content (AvgIpc) is 3.25. The van der Waals surface area contributed by atoms with Gasteiger partial charge in [-0.15, -0.1) is 0 Å². The van der Waals surface area contributed by atoms with Crippen molar-refractivity contribution >= 4 is 68.8 Å². The molecule has 0 aliphatic carbocycles. The fourth-order valence-electron chi connectivity index (χ4n) is 3.48. The second kappa shape index (κ2) is 9.40. The lowest BCUT2D eigenvalue weighted by atomic mass is 10.1. The van der Waals surface area contributed by atoms with Crippen LogP contribution in [-0.4, -0.2) is 42.3 Å². The van der Waals surface area contributed by atoms with Crippen LogP contribution in [0, 0.1) is 0 Å². The van der Waals surface area contributed by atoms with Crippen molar-refractivity contribution in [3.05, 3.63) is 63.8 Å². The minimum atomic E-state index is -4.57. The number of nitrogens with zero attached hydrogens (tertiary/aromatic N) is 3. The predicted octanol–water partition coefficient (Wildman–Crippen LogP) is 5.76. The van der Waals surface area contributed by atoms with E-state index in [1.54, 1.807) is 35.0 Å². The van der Waals surface area contributed by atoms with Crippen molar-refractivity contribution in [2.45, 2.75) is 19.0 Å². The van der Waals surface area contributed by atoms with E-state index < -0.39 is 17.7 Å². The Kier molecular flexibility index (Phi) is 6.70. The van der Waals surface area contributed by atoms with Crippen molar-refractivity contribution in [2.75, 3.05) is 6.54 Å². The van der Waals surface area contributed by atoms with Gasteiger partial charge in [0.05, 0.1) is 21.0 Å². The number of para-hydroxylation sites is 1. The fourth-order valence-corrected chi connectivity index (χ4v) is 5.04. The van der Waals surface area contributed by atoms with E-state index in [-0.39, 0.29) is 36.1 Å². The maximum atomic E-state index is 13.0. The lowest BCUT2D eigenvalue weighted by molar-refractivity contribution is -0.138. The molecule has 0 atom stereocenters. The molecule has 1 amide bonds. The summed E-state index contributed by atoms with van der Waals surface area (Å²) in [5.41, 5.74) is 0.309. The Morgan fingerprint density at radius 3 is 2.71 bits per heavy atom. The molecule has 2 aromatic heterocycles. The summed E-state index contributed by atoms with van der Waals surface area (Å²) in [6, 6.07) is 7.95. The van der Waals surface area contributed by atoms with Gasteiger partial charge in [-0.1, -0.05) is 53.8 Å². The van der Waals surface area contributed by atoms with Gasteiger partial charge in [-0.3, -0.25) is 19.1 Å². The van der Waals surface area contributed by atoms with E-state index in [0.717, 1.165) is 29.4 Å². The van der Waals surface area contributed by atoms with Gasteiger partial charge < -0.3 is 5.11 Å². The van der Waals surface area contributed by atoms with Gasteiger partial charge >= 0.3 is 12.1 Å². The Morgan fingerprint density at radius 2 is 2.03 bits per heavy atom. The topological polar surface area (TPSA) is 75.4 Å². The van der Waals surface area contributed by atoms with Gasteiger partial charge in [0, 0.05) is 36.3 Å². The van der Waals surface area contributed by atoms with E-state index in [1.165, 1.54) is 4.90 Å². The number of thioether (sulfide) groups is 1. The first kappa shape index (κ1) is 24.2. The number of alkyl halides is 3. The number of carboxylic acids is 1. The Balaban J connectivity index is 1.71. The molecule has 1 fully saturated rings. The number of halogens is 4. The second-order valence-electron chi connectivity index (χ2n) is 7.33. The van der Waals surface area contributed by atoms with E-state index in [9.17, 15) is 22.8 Å². The quantitative estimate of drug-likeness (QED) is 0.325. The molecule has 1 aliphatic heterocycles. The summed E-state index contributed by atoms with van der Waals surface area (Å²) >= 11 is 12.5. The molecule has 3 aromatic rings. The molecule has 6 nitrogen and oxygen atoms in total. The third-order valence-electron chi connectivity index (χ3n) is 5.05. The van der Waals surface area contributed by atoms with E-state index in [4.69, 9.17) is 28.9 Å². The fraction of sp³-hybridized carbons (Fsp3) is 0.182. The molecule has 176 valence electrons. The zero-order valence-corrected chi connectivity index (χ0v) is 19.6. The van der Waals surface area contributed by atoms with Crippen molar-refractivity contribution in [3.63, 3.8) is 0 Å². The molecule has 12 heteroatoms. The number of hydrogen-bond acceptors (Lipinski definition) is 5. The van der Waals surface area contributed by atoms with Crippen LogP contribution in [0.1, 0.15) is 24.0 Å². The SMILES string of the molecule is O=C(O)CCCN1C(=O)C(=Cc2cn(-c3ncc(C(F)(F)F)cc3Cl)c3ccccc23)SC1=S. The number of aliphatic carboxylic acids is 1. The standard InChI is InChI=1S/C22H15ClF3N3O3S2/c23-15-9-13(22(24,25)26)10-27-19(15)29-11-12(14-4-1-2-5-16(14)29)8-17-20(32)28(21(33)34-17)7-3-6-18(30)31/h1-2,4-5,8-11H,3,6-7H2,(H,30,31). The van der Waals surface area contributed by atoms with Gasteiger partial charge in [-0.2, -0.15) is 13.2 Å². The van der Waals surface area contributed by atoms with E-state index in [2.05, 4.69) is 4.98 Å². The summed E-state index contributed by atoms with van der Waals surface area (Å²) in [5, 5.41) is 9.37. The van der Waals surface area contributed by atoms with Crippen LogP contribution < -0.4 is 0 Å². The Bertz CT molecular complexity index is 1350. The number of hydrogen-bond donors (Lipinski definition) is 1. The van der Waals surface area contributed by atoms with Crippen molar-refractivity contribution in [1.82, 2.24) is 14.5 Å². The van der Waals surface area contributed by atoms with E-state index in [0.29, 0.717) is 20.3 Å². The smallest absolute Gasteiger partial charge is 0.417 e. The number of aromatic nitrogens is 2. The largest absolute Gasteiger partial charge is 0.481 e. The first-order chi connectivity index (χ1) is 16.1. The number of pyridine rings is 1. The summed E-state index contributed by atoms with van der Waals surface area (Å²) < 4.78 is 40.9. The molecular weight excluding hydrogens is 511 g/mol. The predicted molar refractivity (Wildman–Crippen MR) is 128 cm³/mol. The highest BCUT2D eigenvalue weighted by atomic mass is 35.5. The monoisotopic (exact) mass is 525 g/mol. The number of thiocarbonyl (C=S) groups is 1. The third kappa shape index (κ3) is 4.82. The van der Waals surface area contributed by atoms with Crippen molar-refractivity contribution in [1.29, 1.82) is 0 Å². The molecule has 0 radical (unpaired) electrons. The van der Waals surface area contributed by atoms with Crippen molar-refractivity contribution < 1.29 is 27.9 Å². The maximum Gasteiger partial charge on any atom is 0.417 e. The maximum absolute atomic E-state index is 13.0. The molecule has 1 aromatic carbocycles. The molecule has 0 saturated carbocycles. The number of carbonyl (C=O) groups is 2. The molecule has 34 heavy (non-hydrogen) atoms. The lowest BCUT2D eigenvalue weighted by Gasteiger charge is -2.13. The normalized spacial score (nSPS) is 15.6. The molecule has 1 N–H and O–H groups in total. The van der Waals surface area contributed by atoms with E-state index in [1.807, 2.05) is 6.07 Å². The number of carbonyl (C=O) groups excluding carboxylic acids is 1. The summed E-state index contributed by atoms with van der Waals surface area (Å²) in [7, 11) is 0. The van der Waals surface area contributed by atoms with Gasteiger partial charge in [-0.05, 0) is 24.6 Å². The molecular formula is C22H15ClF3N3O3S2. The van der Waals surface area contributed by atoms with Crippen molar-refractivity contribution in [3.8, 4) is 5.82 Å². The van der Waals surface area contributed by atoms with Crippen molar-refractivity contribution in [2.24, 2.45) is 0 Å². The third-order valence-corrected chi connectivity index (χ3v) is 6.71. The number of amides is 1. The van der Waals surface area contributed by atoms with Gasteiger partial charge in [0.1, 0.15) is 4.32 Å². The van der Waals surface area contributed by atoms with Crippen LogP contribution in [0.3, 0.4) is 0 Å². The Hall–Kier alpha value is -2.89. The molecule has 1 saturated heterocycles. The van der Waals surface area contributed by atoms with Gasteiger partial charge in [0.2, 0.25) is 0 Å². The molecule has 0 unspecified atom stereocenters. The highest BCUT2D eigenvalue weighted by Crippen LogP contribution is 2.36. The molecule has 3 heterocycles. The van der Waals surface area contributed by atoms with Crippen LogP contribution in [0.25, 0.3) is 22.8 Å². The van der Waals surface area contributed by atoms with Crippen LogP contribution in [-0.2, 0) is 15.8 Å². The molecule has 1 aliphatic rings. The van der Waals surface area contributed by atoms with Gasteiger partial charge in [0.15, 0.2) is 5.82 Å². The minimum Gasteiger partial charge on any atom is -0.481 e. The zero-order chi connectivity index (χ0) is 24.6. The zero-order valence-electron chi connectivity index (χ0n) is 17.2. The number of benzene rings is 1.